The maximum absolute atomic E-state index is 5.29. The van der Waals surface area contributed by atoms with E-state index >= 15 is 0 Å². The summed E-state index contributed by atoms with van der Waals surface area (Å²) < 4.78 is 0. The van der Waals surface area contributed by atoms with Gasteiger partial charge in [-0.2, -0.15) is 0 Å². The van der Waals surface area contributed by atoms with Crippen molar-refractivity contribution in [1.29, 1.82) is 0 Å². The Hall–Kier alpha value is -1.26. The second-order valence-electron chi connectivity index (χ2n) is 6.24. The van der Waals surface area contributed by atoms with Gasteiger partial charge in [0.05, 0.1) is 0 Å². The quantitative estimate of drug-likeness (QED) is 0.617. The standard InChI is InChI=1S/C18H25N/c1-4-5-6-9-14-19-17-16-11-8-7-10-15(16)12-13-18(17,2)3/h1,7-8,10-11,17,19H,5-6,9,12-14H2,2-3H3. The third-order valence-electron chi connectivity index (χ3n) is 4.28. The van der Waals surface area contributed by atoms with E-state index in [1.165, 1.54) is 30.4 Å². The number of hydrogen-bond acceptors (Lipinski definition) is 1. The number of fused-ring (bicyclic) bond motifs is 1. The highest BCUT2D eigenvalue weighted by molar-refractivity contribution is 5.34. The van der Waals surface area contributed by atoms with Crippen molar-refractivity contribution < 1.29 is 0 Å². The lowest BCUT2D eigenvalue weighted by atomic mass is 9.70. The minimum absolute atomic E-state index is 0.334. The second-order valence-corrected chi connectivity index (χ2v) is 6.24. The summed E-state index contributed by atoms with van der Waals surface area (Å²) in [6, 6.07) is 9.35. The lowest BCUT2D eigenvalue weighted by Crippen LogP contribution is -2.38. The molecule has 1 aromatic rings. The van der Waals surface area contributed by atoms with E-state index in [1.54, 1.807) is 0 Å². The van der Waals surface area contributed by atoms with Gasteiger partial charge in [-0.05, 0) is 48.8 Å². The van der Waals surface area contributed by atoms with Crippen molar-refractivity contribution in [1.82, 2.24) is 5.32 Å². The molecule has 0 fully saturated rings. The molecule has 1 aliphatic rings. The summed E-state index contributed by atoms with van der Waals surface area (Å²) in [6.45, 7) is 5.81. The molecule has 1 nitrogen and oxygen atoms in total. The largest absolute Gasteiger partial charge is 0.309 e. The van der Waals surface area contributed by atoms with Crippen LogP contribution in [-0.2, 0) is 6.42 Å². The summed E-state index contributed by atoms with van der Waals surface area (Å²) in [4.78, 5) is 0. The molecule has 0 radical (unpaired) electrons. The third kappa shape index (κ3) is 3.39. The molecule has 0 heterocycles. The summed E-state index contributed by atoms with van der Waals surface area (Å²) in [5, 5.41) is 3.76. The van der Waals surface area contributed by atoms with E-state index in [0.717, 1.165) is 19.4 Å². The topological polar surface area (TPSA) is 12.0 Å². The number of rotatable bonds is 5. The lowest BCUT2D eigenvalue weighted by molar-refractivity contribution is 0.209. The molecule has 0 spiro atoms. The molecule has 1 aromatic carbocycles. The van der Waals surface area contributed by atoms with Crippen LogP contribution in [-0.4, -0.2) is 6.54 Å². The Labute approximate surface area is 117 Å². The predicted octanol–water partition coefficient (Wildman–Crippen LogP) is 4.09. The van der Waals surface area contributed by atoms with Crippen molar-refractivity contribution in [3.05, 3.63) is 35.4 Å². The Kier molecular flexibility index (Phi) is 4.66. The van der Waals surface area contributed by atoms with Crippen molar-refractivity contribution in [2.45, 2.75) is 52.0 Å². The average molecular weight is 255 g/mol. The summed E-state index contributed by atoms with van der Waals surface area (Å²) in [6.07, 6.45) is 10.9. The molecule has 1 heteroatoms. The number of terminal acetylenes is 1. The van der Waals surface area contributed by atoms with Gasteiger partial charge < -0.3 is 5.32 Å². The summed E-state index contributed by atoms with van der Waals surface area (Å²) >= 11 is 0. The Bertz CT molecular complexity index is 453. The molecule has 0 aliphatic heterocycles. The first-order valence-corrected chi connectivity index (χ1v) is 7.40. The third-order valence-corrected chi connectivity index (χ3v) is 4.28. The molecule has 1 atom stereocenters. The molecule has 2 rings (SSSR count). The van der Waals surface area contributed by atoms with Gasteiger partial charge in [-0.1, -0.05) is 38.1 Å². The van der Waals surface area contributed by atoms with Crippen LogP contribution in [0.25, 0.3) is 0 Å². The van der Waals surface area contributed by atoms with Gasteiger partial charge >= 0.3 is 0 Å². The van der Waals surface area contributed by atoms with E-state index < -0.39 is 0 Å². The lowest BCUT2D eigenvalue weighted by Gasteiger charge is -2.40. The second kappa shape index (κ2) is 6.26. The van der Waals surface area contributed by atoms with Crippen LogP contribution in [0.5, 0.6) is 0 Å². The van der Waals surface area contributed by atoms with Crippen molar-refractivity contribution in [2.75, 3.05) is 6.54 Å². The number of unbranched alkanes of at least 4 members (excludes halogenated alkanes) is 2. The van der Waals surface area contributed by atoms with Crippen LogP contribution in [0.15, 0.2) is 24.3 Å². The summed E-state index contributed by atoms with van der Waals surface area (Å²) in [7, 11) is 0. The monoisotopic (exact) mass is 255 g/mol. The Balaban J connectivity index is 2.02. The van der Waals surface area contributed by atoms with Crippen molar-refractivity contribution >= 4 is 0 Å². The zero-order valence-corrected chi connectivity index (χ0v) is 12.2. The summed E-state index contributed by atoms with van der Waals surface area (Å²) in [5.74, 6) is 2.71. The van der Waals surface area contributed by atoms with Crippen molar-refractivity contribution in [2.24, 2.45) is 5.41 Å². The van der Waals surface area contributed by atoms with Crippen LogP contribution in [0.2, 0.25) is 0 Å². The van der Waals surface area contributed by atoms with E-state index in [2.05, 4.69) is 49.4 Å². The Morgan fingerprint density at radius 1 is 1.32 bits per heavy atom. The van der Waals surface area contributed by atoms with Gasteiger partial charge in [-0.25, -0.2) is 0 Å². The number of hydrogen-bond donors (Lipinski definition) is 1. The van der Waals surface area contributed by atoms with Crippen LogP contribution in [0.3, 0.4) is 0 Å². The molecule has 0 amide bonds. The van der Waals surface area contributed by atoms with Gasteiger partial charge in [0.1, 0.15) is 0 Å². The SMILES string of the molecule is C#CCCCCNC1c2ccccc2CCC1(C)C. The zero-order valence-electron chi connectivity index (χ0n) is 12.2. The first kappa shape index (κ1) is 14.2. The molecule has 0 saturated carbocycles. The molecule has 0 aromatic heterocycles. The highest BCUT2D eigenvalue weighted by atomic mass is 14.9. The molecule has 0 saturated heterocycles. The van der Waals surface area contributed by atoms with Crippen LogP contribution in [0.1, 0.15) is 56.7 Å². The first-order chi connectivity index (χ1) is 9.15. The van der Waals surface area contributed by atoms with Crippen LogP contribution in [0.4, 0.5) is 0 Å². The predicted molar refractivity (Wildman–Crippen MR) is 82.0 cm³/mol. The molecule has 1 N–H and O–H groups in total. The van der Waals surface area contributed by atoms with E-state index in [9.17, 15) is 0 Å². The number of nitrogens with one attached hydrogen (secondary N) is 1. The number of benzene rings is 1. The first-order valence-electron chi connectivity index (χ1n) is 7.40. The van der Waals surface area contributed by atoms with Crippen molar-refractivity contribution in [3.63, 3.8) is 0 Å². The molecule has 1 unspecified atom stereocenters. The Morgan fingerprint density at radius 2 is 2.11 bits per heavy atom. The van der Waals surface area contributed by atoms with E-state index in [-0.39, 0.29) is 0 Å². The minimum Gasteiger partial charge on any atom is -0.309 e. The Morgan fingerprint density at radius 3 is 2.89 bits per heavy atom. The van der Waals surface area contributed by atoms with E-state index in [0.29, 0.717) is 11.5 Å². The maximum Gasteiger partial charge on any atom is 0.0374 e. The minimum atomic E-state index is 0.334. The zero-order chi connectivity index (χ0) is 13.7. The molecule has 19 heavy (non-hydrogen) atoms. The van der Waals surface area contributed by atoms with Gasteiger partial charge in [-0.3, -0.25) is 0 Å². The van der Waals surface area contributed by atoms with Gasteiger partial charge in [0, 0.05) is 12.5 Å². The van der Waals surface area contributed by atoms with Gasteiger partial charge in [0.25, 0.3) is 0 Å². The fourth-order valence-corrected chi connectivity index (χ4v) is 3.05. The maximum atomic E-state index is 5.29. The van der Waals surface area contributed by atoms with Crippen LogP contribution >= 0.6 is 0 Å². The molecular weight excluding hydrogens is 230 g/mol. The van der Waals surface area contributed by atoms with E-state index in [1.807, 2.05) is 0 Å². The highest BCUT2D eigenvalue weighted by Gasteiger charge is 2.34. The average Bonchev–Trinajstić information content (AvgIpc) is 2.40. The number of aryl methyl sites for hydroxylation is 1. The fraction of sp³-hybridized carbons (Fsp3) is 0.556. The van der Waals surface area contributed by atoms with Crippen LogP contribution in [0, 0.1) is 17.8 Å². The molecule has 0 bridgehead atoms. The fourth-order valence-electron chi connectivity index (χ4n) is 3.05. The highest BCUT2D eigenvalue weighted by Crippen LogP contribution is 2.43. The summed E-state index contributed by atoms with van der Waals surface area (Å²) in [5.41, 5.74) is 3.35. The van der Waals surface area contributed by atoms with E-state index in [4.69, 9.17) is 6.42 Å². The van der Waals surface area contributed by atoms with Gasteiger partial charge in [0.2, 0.25) is 0 Å². The molecule has 1 aliphatic carbocycles. The molecular formula is C18H25N. The molecule has 102 valence electrons. The van der Waals surface area contributed by atoms with Crippen molar-refractivity contribution in [3.8, 4) is 12.3 Å². The van der Waals surface area contributed by atoms with Gasteiger partial charge in [0.15, 0.2) is 0 Å². The normalized spacial score (nSPS) is 20.6. The smallest absolute Gasteiger partial charge is 0.0374 e. The van der Waals surface area contributed by atoms with Gasteiger partial charge in [-0.15, -0.1) is 12.3 Å². The van der Waals surface area contributed by atoms with Crippen LogP contribution < -0.4 is 5.32 Å².